The zero-order valence-electron chi connectivity index (χ0n) is 9.30. The van der Waals surface area contributed by atoms with Gasteiger partial charge in [-0.3, -0.25) is 0 Å². The molecule has 6 heteroatoms. The largest absolute Gasteiger partial charge is 0.372 e. The van der Waals surface area contributed by atoms with Gasteiger partial charge in [-0.1, -0.05) is 6.07 Å². The maximum absolute atomic E-state index is 11.2. The highest BCUT2D eigenvalue weighted by molar-refractivity contribution is 9.10. The topological polar surface area (TPSA) is 56.3 Å². The van der Waals surface area contributed by atoms with Crippen molar-refractivity contribution in [3.05, 3.63) is 28.5 Å². The predicted octanol–water partition coefficient (Wildman–Crippen LogP) is 1.94. The first-order chi connectivity index (χ1) is 8.05. The summed E-state index contributed by atoms with van der Waals surface area (Å²) in [7, 11) is -2.81. The highest BCUT2D eigenvalue weighted by atomic mass is 79.9. The van der Waals surface area contributed by atoms with Gasteiger partial charge in [0.1, 0.15) is 4.60 Å². The fourth-order valence-corrected chi connectivity index (χ4v) is 3.60. The number of rotatable bonds is 3. The van der Waals surface area contributed by atoms with Gasteiger partial charge in [-0.2, -0.15) is 0 Å². The lowest BCUT2D eigenvalue weighted by Gasteiger charge is -2.22. The number of halogens is 1. The zero-order valence-corrected chi connectivity index (χ0v) is 11.7. The second-order valence-electron chi connectivity index (χ2n) is 4.11. The Hall–Kier alpha value is -0.460. The lowest BCUT2D eigenvalue weighted by molar-refractivity contribution is 0.0327. The molecule has 1 aliphatic rings. The number of hydrogen-bond donors (Lipinski definition) is 0. The van der Waals surface area contributed by atoms with Crippen molar-refractivity contribution >= 4 is 25.8 Å². The smallest absolute Gasteiger partial charge is 0.150 e. The molecular formula is C11H14BrNO3S. The van der Waals surface area contributed by atoms with E-state index in [2.05, 4.69) is 20.9 Å². The van der Waals surface area contributed by atoms with Gasteiger partial charge in [0.15, 0.2) is 9.84 Å². The molecule has 1 aliphatic heterocycles. The number of nitrogens with zero attached hydrogens (tertiary/aromatic N) is 1. The summed E-state index contributed by atoms with van der Waals surface area (Å²) in [5.41, 5.74) is 0.854. The maximum Gasteiger partial charge on any atom is 0.150 e. The van der Waals surface area contributed by atoms with Gasteiger partial charge in [-0.05, 0) is 40.9 Å². The number of sulfone groups is 1. The third kappa shape index (κ3) is 4.04. The summed E-state index contributed by atoms with van der Waals surface area (Å²) < 4.78 is 28.9. The third-order valence-corrected chi connectivity index (χ3v) is 4.90. The van der Waals surface area contributed by atoms with Crippen molar-refractivity contribution in [3.8, 4) is 0 Å². The van der Waals surface area contributed by atoms with Crippen LogP contribution in [0.3, 0.4) is 0 Å². The zero-order chi connectivity index (χ0) is 12.3. The number of hydrogen-bond acceptors (Lipinski definition) is 4. The molecule has 2 rings (SSSR count). The van der Waals surface area contributed by atoms with Crippen LogP contribution in [-0.2, 0) is 21.2 Å². The maximum atomic E-state index is 11.2. The predicted molar refractivity (Wildman–Crippen MR) is 68.4 cm³/mol. The summed E-state index contributed by atoms with van der Waals surface area (Å²) in [5.74, 6) is 0.479. The van der Waals surface area contributed by atoms with Crippen LogP contribution in [0.5, 0.6) is 0 Å². The minimum atomic E-state index is -2.81. The van der Waals surface area contributed by atoms with Gasteiger partial charge in [-0.15, -0.1) is 0 Å². The van der Waals surface area contributed by atoms with E-state index < -0.39 is 9.84 Å². The Kier molecular flexibility index (Phi) is 4.17. The van der Waals surface area contributed by atoms with E-state index in [1.807, 2.05) is 18.2 Å². The molecule has 0 N–H and O–H groups in total. The average Bonchev–Trinajstić information content (AvgIpc) is 2.28. The Morgan fingerprint density at radius 3 is 2.71 bits per heavy atom. The van der Waals surface area contributed by atoms with Crippen LogP contribution in [-0.4, -0.2) is 31.0 Å². The SMILES string of the molecule is O=S1(=O)CCC(OCc2cccc(Br)n2)CC1. The normalized spacial score (nSPS) is 20.3. The molecule has 1 aromatic rings. The van der Waals surface area contributed by atoms with Crippen LogP contribution in [0, 0.1) is 0 Å². The summed E-state index contributed by atoms with van der Waals surface area (Å²) in [5, 5.41) is 0. The lowest BCUT2D eigenvalue weighted by atomic mass is 10.2. The summed E-state index contributed by atoms with van der Waals surface area (Å²) in [4.78, 5) is 4.26. The number of ether oxygens (including phenoxy) is 1. The Morgan fingerprint density at radius 1 is 1.35 bits per heavy atom. The second-order valence-corrected chi connectivity index (χ2v) is 7.23. The van der Waals surface area contributed by atoms with Crippen LogP contribution in [0.25, 0.3) is 0 Å². The molecule has 0 radical (unpaired) electrons. The number of pyridine rings is 1. The summed E-state index contributed by atoms with van der Waals surface area (Å²) in [6.45, 7) is 0.435. The standard InChI is InChI=1S/C11H14BrNO3S/c12-11-3-1-2-9(13-11)8-16-10-4-6-17(14,15)7-5-10/h1-3,10H,4-8H2. The van der Waals surface area contributed by atoms with Crippen molar-refractivity contribution in [1.29, 1.82) is 0 Å². The molecule has 17 heavy (non-hydrogen) atoms. The van der Waals surface area contributed by atoms with Crippen molar-refractivity contribution in [3.63, 3.8) is 0 Å². The molecule has 0 spiro atoms. The van der Waals surface area contributed by atoms with E-state index in [9.17, 15) is 8.42 Å². The lowest BCUT2D eigenvalue weighted by Crippen LogP contribution is -2.28. The molecule has 0 saturated carbocycles. The fraction of sp³-hybridized carbons (Fsp3) is 0.545. The van der Waals surface area contributed by atoms with Gasteiger partial charge in [0, 0.05) is 0 Å². The van der Waals surface area contributed by atoms with E-state index in [-0.39, 0.29) is 17.6 Å². The van der Waals surface area contributed by atoms with E-state index in [1.165, 1.54) is 0 Å². The van der Waals surface area contributed by atoms with E-state index >= 15 is 0 Å². The van der Waals surface area contributed by atoms with E-state index in [0.29, 0.717) is 19.4 Å². The third-order valence-electron chi connectivity index (χ3n) is 2.74. The van der Waals surface area contributed by atoms with Gasteiger partial charge in [0.2, 0.25) is 0 Å². The average molecular weight is 320 g/mol. The molecule has 1 aromatic heterocycles. The molecular weight excluding hydrogens is 306 g/mol. The molecule has 1 fully saturated rings. The van der Waals surface area contributed by atoms with Crippen molar-refractivity contribution in [2.45, 2.75) is 25.6 Å². The first-order valence-electron chi connectivity index (χ1n) is 5.49. The van der Waals surface area contributed by atoms with Crippen LogP contribution in [0.2, 0.25) is 0 Å². The molecule has 0 aromatic carbocycles. The van der Waals surface area contributed by atoms with Gasteiger partial charge >= 0.3 is 0 Å². The highest BCUT2D eigenvalue weighted by Crippen LogP contribution is 2.17. The van der Waals surface area contributed by atoms with Gasteiger partial charge in [0.05, 0.1) is 29.9 Å². The van der Waals surface area contributed by atoms with Crippen molar-refractivity contribution < 1.29 is 13.2 Å². The van der Waals surface area contributed by atoms with E-state index in [4.69, 9.17) is 4.74 Å². The van der Waals surface area contributed by atoms with Crippen molar-refractivity contribution in [2.75, 3.05) is 11.5 Å². The summed E-state index contributed by atoms with van der Waals surface area (Å²) in [6.07, 6.45) is 1.23. The molecule has 0 amide bonds. The molecule has 1 saturated heterocycles. The Morgan fingerprint density at radius 2 is 2.06 bits per heavy atom. The van der Waals surface area contributed by atoms with Crippen LogP contribution in [0.1, 0.15) is 18.5 Å². The minimum Gasteiger partial charge on any atom is -0.372 e. The van der Waals surface area contributed by atoms with Crippen LogP contribution >= 0.6 is 15.9 Å². The second kappa shape index (κ2) is 5.46. The van der Waals surface area contributed by atoms with Gasteiger partial charge in [0.25, 0.3) is 0 Å². The van der Waals surface area contributed by atoms with Crippen molar-refractivity contribution in [2.24, 2.45) is 0 Å². The Balaban J connectivity index is 1.84. The van der Waals surface area contributed by atoms with Gasteiger partial charge in [-0.25, -0.2) is 13.4 Å². The van der Waals surface area contributed by atoms with Gasteiger partial charge < -0.3 is 4.74 Å². The number of aromatic nitrogens is 1. The Labute approximate surface area is 109 Å². The van der Waals surface area contributed by atoms with E-state index in [0.717, 1.165) is 10.3 Å². The molecule has 94 valence electrons. The quantitative estimate of drug-likeness (QED) is 0.799. The van der Waals surface area contributed by atoms with E-state index in [1.54, 1.807) is 0 Å². The monoisotopic (exact) mass is 319 g/mol. The molecule has 2 heterocycles. The van der Waals surface area contributed by atoms with Crippen LogP contribution < -0.4 is 0 Å². The molecule has 0 atom stereocenters. The first-order valence-corrected chi connectivity index (χ1v) is 8.10. The fourth-order valence-electron chi connectivity index (χ4n) is 1.77. The molecule has 0 bridgehead atoms. The van der Waals surface area contributed by atoms with Crippen molar-refractivity contribution in [1.82, 2.24) is 4.98 Å². The van der Waals surface area contributed by atoms with Crippen LogP contribution in [0.15, 0.2) is 22.8 Å². The minimum absolute atomic E-state index is 0.0410. The molecule has 0 unspecified atom stereocenters. The van der Waals surface area contributed by atoms with Crippen LogP contribution in [0.4, 0.5) is 0 Å². The molecule has 4 nitrogen and oxygen atoms in total. The molecule has 0 aliphatic carbocycles. The first kappa shape index (κ1) is 13.0. The summed E-state index contributed by atoms with van der Waals surface area (Å²) in [6, 6.07) is 5.65. The summed E-state index contributed by atoms with van der Waals surface area (Å²) >= 11 is 3.30. The highest BCUT2D eigenvalue weighted by Gasteiger charge is 2.23. The Bertz CT molecular complexity index is 475.